The van der Waals surface area contributed by atoms with E-state index in [0.29, 0.717) is 17.4 Å². The normalized spacial score (nSPS) is 25.5. The van der Waals surface area contributed by atoms with Crippen molar-refractivity contribution in [3.05, 3.63) is 0 Å². The minimum atomic E-state index is 0.530. The van der Waals surface area contributed by atoms with Crippen LogP contribution in [0.2, 0.25) is 0 Å². The Bertz CT molecular complexity index is 144. The Kier molecular flexibility index (Phi) is 2.79. The molecule has 0 bridgehead atoms. The minimum Gasteiger partial charge on any atom is -0.329 e. The number of nitrogens with two attached hydrogens (primary N) is 1. The summed E-state index contributed by atoms with van der Waals surface area (Å²) in [6.45, 7) is 12.4. The largest absolute Gasteiger partial charge is 0.329 e. The van der Waals surface area contributed by atoms with Crippen LogP contribution in [-0.2, 0) is 0 Å². The van der Waals surface area contributed by atoms with E-state index in [9.17, 15) is 0 Å². The zero-order chi connectivity index (χ0) is 9.35. The molecule has 1 atom stereocenters. The van der Waals surface area contributed by atoms with Crippen LogP contribution in [0.15, 0.2) is 0 Å². The minimum absolute atomic E-state index is 0.530. The van der Waals surface area contributed by atoms with Crippen molar-refractivity contribution < 1.29 is 0 Å². The Morgan fingerprint density at radius 3 is 2.08 bits per heavy atom. The second-order valence-corrected chi connectivity index (χ2v) is 5.12. The van der Waals surface area contributed by atoms with Crippen molar-refractivity contribution in [2.45, 2.75) is 33.7 Å². The molecule has 0 amide bonds. The quantitative estimate of drug-likeness (QED) is 0.692. The molecule has 0 spiro atoms. The van der Waals surface area contributed by atoms with Gasteiger partial charge in [0.05, 0.1) is 0 Å². The van der Waals surface area contributed by atoms with Crippen molar-refractivity contribution >= 4 is 0 Å². The molecule has 72 valence electrons. The van der Waals surface area contributed by atoms with E-state index in [0.717, 1.165) is 6.54 Å². The highest BCUT2D eigenvalue weighted by Gasteiger charge is 2.38. The van der Waals surface area contributed by atoms with E-state index in [1.807, 2.05) is 0 Å². The predicted octanol–water partition coefficient (Wildman–Crippen LogP) is 1.31. The molecule has 0 radical (unpaired) electrons. The summed E-state index contributed by atoms with van der Waals surface area (Å²) in [4.78, 5) is 2.50. The molecule has 2 heteroatoms. The van der Waals surface area contributed by atoms with Gasteiger partial charge in [0, 0.05) is 25.7 Å². The van der Waals surface area contributed by atoms with Gasteiger partial charge >= 0.3 is 0 Å². The highest BCUT2D eigenvalue weighted by molar-refractivity contribution is 4.92. The van der Waals surface area contributed by atoms with E-state index in [1.165, 1.54) is 13.1 Å². The van der Waals surface area contributed by atoms with Gasteiger partial charge in [-0.1, -0.05) is 27.7 Å². The second-order valence-electron chi connectivity index (χ2n) is 5.12. The molecule has 1 saturated heterocycles. The molecule has 0 aromatic carbocycles. The van der Waals surface area contributed by atoms with Gasteiger partial charge < -0.3 is 5.73 Å². The lowest BCUT2D eigenvalue weighted by molar-refractivity contribution is -0.0177. The standard InChI is InChI=1S/C10H22N2/c1-8(2)9(5-11)12-6-10(3,4)7-12/h8-9H,5-7,11H2,1-4H3. The van der Waals surface area contributed by atoms with Crippen LogP contribution in [0.3, 0.4) is 0 Å². The molecule has 12 heavy (non-hydrogen) atoms. The van der Waals surface area contributed by atoms with Crippen LogP contribution in [0.1, 0.15) is 27.7 Å². The third-order valence-electron chi connectivity index (χ3n) is 2.74. The molecule has 0 aromatic rings. The van der Waals surface area contributed by atoms with Gasteiger partial charge in [-0.2, -0.15) is 0 Å². The summed E-state index contributed by atoms with van der Waals surface area (Å²) < 4.78 is 0. The summed E-state index contributed by atoms with van der Waals surface area (Å²) in [6, 6.07) is 0.595. The van der Waals surface area contributed by atoms with Crippen molar-refractivity contribution in [1.82, 2.24) is 4.90 Å². The topological polar surface area (TPSA) is 29.3 Å². The van der Waals surface area contributed by atoms with E-state index in [2.05, 4.69) is 32.6 Å². The highest BCUT2D eigenvalue weighted by Crippen LogP contribution is 2.31. The fourth-order valence-corrected chi connectivity index (χ4v) is 2.13. The summed E-state index contributed by atoms with van der Waals surface area (Å²) in [5.41, 5.74) is 6.26. The fraction of sp³-hybridized carbons (Fsp3) is 1.00. The van der Waals surface area contributed by atoms with Gasteiger partial charge in [0.2, 0.25) is 0 Å². The summed E-state index contributed by atoms with van der Waals surface area (Å²) in [5.74, 6) is 0.686. The van der Waals surface area contributed by atoms with E-state index in [4.69, 9.17) is 5.73 Å². The molecule has 1 unspecified atom stereocenters. The van der Waals surface area contributed by atoms with Crippen LogP contribution in [0.5, 0.6) is 0 Å². The van der Waals surface area contributed by atoms with Crippen LogP contribution in [-0.4, -0.2) is 30.6 Å². The van der Waals surface area contributed by atoms with Crippen LogP contribution in [0, 0.1) is 11.3 Å². The molecule has 2 nitrogen and oxygen atoms in total. The predicted molar refractivity (Wildman–Crippen MR) is 53.0 cm³/mol. The maximum atomic E-state index is 5.73. The lowest BCUT2D eigenvalue weighted by Gasteiger charge is -2.50. The number of likely N-dealkylation sites (tertiary alicyclic amines) is 1. The summed E-state index contributed by atoms with van der Waals surface area (Å²) in [6.07, 6.45) is 0. The van der Waals surface area contributed by atoms with Gasteiger partial charge in [0.25, 0.3) is 0 Å². The zero-order valence-corrected chi connectivity index (χ0v) is 8.80. The van der Waals surface area contributed by atoms with Crippen molar-refractivity contribution in [3.63, 3.8) is 0 Å². The molecule has 0 aliphatic carbocycles. The smallest absolute Gasteiger partial charge is 0.0241 e. The third kappa shape index (κ3) is 1.99. The van der Waals surface area contributed by atoms with Gasteiger partial charge in [-0.3, -0.25) is 4.90 Å². The first-order chi connectivity index (χ1) is 5.46. The molecule has 0 aromatic heterocycles. The summed E-state index contributed by atoms with van der Waals surface area (Å²) in [5, 5.41) is 0. The lowest BCUT2D eigenvalue weighted by Crippen LogP contribution is -2.60. The molecule has 1 fully saturated rings. The first-order valence-corrected chi connectivity index (χ1v) is 4.90. The fourth-order valence-electron chi connectivity index (χ4n) is 2.13. The maximum Gasteiger partial charge on any atom is 0.0241 e. The van der Waals surface area contributed by atoms with E-state index in [1.54, 1.807) is 0 Å². The maximum absolute atomic E-state index is 5.73. The van der Waals surface area contributed by atoms with Gasteiger partial charge in [-0.05, 0) is 11.3 Å². The molecule has 2 N–H and O–H groups in total. The van der Waals surface area contributed by atoms with Crippen LogP contribution in [0.25, 0.3) is 0 Å². The van der Waals surface area contributed by atoms with E-state index in [-0.39, 0.29) is 0 Å². The Hall–Kier alpha value is -0.0800. The molecule has 1 aliphatic rings. The van der Waals surface area contributed by atoms with Crippen molar-refractivity contribution in [3.8, 4) is 0 Å². The number of hydrogen-bond acceptors (Lipinski definition) is 2. The molecular weight excluding hydrogens is 148 g/mol. The molecule has 1 aliphatic heterocycles. The lowest BCUT2D eigenvalue weighted by atomic mass is 9.81. The van der Waals surface area contributed by atoms with Gasteiger partial charge in [0.1, 0.15) is 0 Å². The SMILES string of the molecule is CC(C)C(CN)N1CC(C)(C)C1. The Morgan fingerprint density at radius 2 is 1.83 bits per heavy atom. The van der Waals surface area contributed by atoms with Crippen LogP contribution in [0.4, 0.5) is 0 Å². The zero-order valence-electron chi connectivity index (χ0n) is 8.80. The first kappa shape index (κ1) is 10.0. The Labute approximate surface area is 76.1 Å². The molecule has 1 rings (SSSR count). The number of rotatable bonds is 3. The molecule has 0 saturated carbocycles. The first-order valence-electron chi connectivity index (χ1n) is 4.90. The van der Waals surface area contributed by atoms with E-state index >= 15 is 0 Å². The van der Waals surface area contributed by atoms with Gasteiger partial charge in [0.15, 0.2) is 0 Å². The Morgan fingerprint density at radius 1 is 1.33 bits per heavy atom. The van der Waals surface area contributed by atoms with Crippen molar-refractivity contribution in [1.29, 1.82) is 0 Å². The monoisotopic (exact) mass is 170 g/mol. The second kappa shape index (κ2) is 3.35. The summed E-state index contributed by atoms with van der Waals surface area (Å²) >= 11 is 0. The summed E-state index contributed by atoms with van der Waals surface area (Å²) in [7, 11) is 0. The molecular formula is C10H22N2. The van der Waals surface area contributed by atoms with Gasteiger partial charge in [-0.15, -0.1) is 0 Å². The molecule has 1 heterocycles. The average molecular weight is 170 g/mol. The number of nitrogens with zero attached hydrogens (tertiary/aromatic N) is 1. The third-order valence-corrected chi connectivity index (χ3v) is 2.74. The van der Waals surface area contributed by atoms with Gasteiger partial charge in [-0.25, -0.2) is 0 Å². The van der Waals surface area contributed by atoms with Crippen molar-refractivity contribution in [2.75, 3.05) is 19.6 Å². The highest BCUT2D eigenvalue weighted by atomic mass is 15.2. The number of hydrogen-bond donors (Lipinski definition) is 1. The van der Waals surface area contributed by atoms with Crippen LogP contribution >= 0.6 is 0 Å². The Balaban J connectivity index is 2.39. The van der Waals surface area contributed by atoms with Crippen LogP contribution < -0.4 is 5.73 Å². The van der Waals surface area contributed by atoms with Crippen molar-refractivity contribution in [2.24, 2.45) is 17.1 Å². The average Bonchev–Trinajstić information content (AvgIpc) is 1.84. The van der Waals surface area contributed by atoms with E-state index < -0.39 is 0 Å².